The summed E-state index contributed by atoms with van der Waals surface area (Å²) in [4.78, 5) is 18.2. The van der Waals surface area contributed by atoms with Crippen molar-refractivity contribution in [1.29, 1.82) is 0 Å². The number of benzene rings is 1. The zero-order chi connectivity index (χ0) is 24.7. The Morgan fingerprint density at radius 3 is 2.71 bits per heavy atom. The van der Waals surface area contributed by atoms with Crippen LogP contribution in [0, 0.1) is 6.92 Å². The molecule has 1 aromatic carbocycles. The number of halogens is 1. The van der Waals surface area contributed by atoms with Crippen LogP contribution in [-0.2, 0) is 16.7 Å². The maximum atomic E-state index is 13.9. The Labute approximate surface area is 212 Å². The Bertz CT molecular complexity index is 1330. The number of piperazine rings is 1. The van der Waals surface area contributed by atoms with E-state index in [1.807, 2.05) is 40.7 Å². The van der Waals surface area contributed by atoms with Gasteiger partial charge in [-0.15, -0.1) is 22.0 Å². The molecule has 186 valence electrons. The first kappa shape index (κ1) is 24.3. The molecule has 0 saturated carbocycles. The molecule has 1 fully saturated rings. The minimum atomic E-state index is -4.12. The molecule has 1 atom stereocenters. The first-order valence-corrected chi connectivity index (χ1v) is 14.1. The smallest absolute Gasteiger partial charge is 0.322 e. The summed E-state index contributed by atoms with van der Waals surface area (Å²) in [5, 5.41) is 12.1. The lowest BCUT2D eigenvalue weighted by molar-refractivity contribution is 0.163. The van der Waals surface area contributed by atoms with Crippen LogP contribution in [0.5, 0.6) is 0 Å². The summed E-state index contributed by atoms with van der Waals surface area (Å²) in [5.41, 5.74) is 2.20. The molecule has 2 aromatic rings. The second-order valence-corrected chi connectivity index (χ2v) is 11.7. The van der Waals surface area contributed by atoms with Gasteiger partial charge in [-0.1, -0.05) is 29.8 Å². The second-order valence-electron chi connectivity index (χ2n) is 8.54. The van der Waals surface area contributed by atoms with Crippen molar-refractivity contribution in [3.8, 4) is 0 Å². The number of nitrogens with zero attached hydrogens (tertiary/aromatic N) is 5. The van der Waals surface area contributed by atoms with Crippen LogP contribution in [0.3, 0.4) is 0 Å². The molecule has 0 radical (unpaired) electrons. The van der Waals surface area contributed by atoms with E-state index >= 15 is 0 Å². The van der Waals surface area contributed by atoms with Crippen LogP contribution >= 0.6 is 23.4 Å². The summed E-state index contributed by atoms with van der Waals surface area (Å²) in [6.45, 7) is 4.67. The van der Waals surface area contributed by atoms with Crippen LogP contribution in [0.1, 0.15) is 29.0 Å². The largest absolute Gasteiger partial charge is 0.325 e. The van der Waals surface area contributed by atoms with Crippen molar-refractivity contribution in [1.82, 2.24) is 29.9 Å². The van der Waals surface area contributed by atoms with Gasteiger partial charge in [0, 0.05) is 42.3 Å². The van der Waals surface area contributed by atoms with Crippen molar-refractivity contribution in [2.45, 2.75) is 25.3 Å². The van der Waals surface area contributed by atoms with E-state index in [0.29, 0.717) is 54.1 Å². The molecule has 13 heteroatoms. The average molecular weight is 537 g/mol. The molecule has 1 aromatic heterocycles. The minimum absolute atomic E-state index is 0.147. The van der Waals surface area contributed by atoms with E-state index in [2.05, 4.69) is 15.5 Å². The number of carbonyl (C=O) groups is 1. The summed E-state index contributed by atoms with van der Waals surface area (Å²) < 4.78 is 34.1. The molecule has 1 unspecified atom stereocenters. The molecule has 0 aliphatic carbocycles. The monoisotopic (exact) mass is 536 g/mol. The van der Waals surface area contributed by atoms with E-state index in [1.54, 1.807) is 11.0 Å². The molecule has 0 spiro atoms. The normalized spacial score (nSPS) is 20.4. The molecule has 1 saturated heterocycles. The molecule has 0 bridgehead atoms. The van der Waals surface area contributed by atoms with E-state index in [0.717, 1.165) is 10.5 Å². The number of carbonyl (C=O) groups excluding carboxylic acids is 1. The zero-order valence-electron chi connectivity index (χ0n) is 19.0. The summed E-state index contributed by atoms with van der Waals surface area (Å²) >= 11 is 8.13. The predicted molar refractivity (Wildman–Crippen MR) is 134 cm³/mol. The van der Waals surface area contributed by atoms with Crippen molar-refractivity contribution < 1.29 is 17.8 Å². The van der Waals surface area contributed by atoms with E-state index in [1.165, 1.54) is 11.8 Å². The first-order valence-electron chi connectivity index (χ1n) is 11.2. The van der Waals surface area contributed by atoms with Crippen molar-refractivity contribution in [2.75, 3.05) is 31.9 Å². The highest BCUT2D eigenvalue weighted by atomic mass is 35.5. The molecule has 5 rings (SSSR count). The number of aryl methyl sites for hydroxylation is 1. The van der Waals surface area contributed by atoms with Crippen LogP contribution in [0.25, 0.3) is 5.70 Å². The van der Waals surface area contributed by atoms with Gasteiger partial charge in [-0.2, -0.15) is 8.42 Å². The van der Waals surface area contributed by atoms with Gasteiger partial charge in [0.05, 0.1) is 18.0 Å². The fourth-order valence-electron chi connectivity index (χ4n) is 4.57. The number of thioether (sulfide) groups is 1. The molecular weight excluding hydrogens is 512 g/mol. The summed E-state index contributed by atoms with van der Waals surface area (Å²) in [6, 6.07) is 7.23. The summed E-state index contributed by atoms with van der Waals surface area (Å²) in [6.07, 6.45) is 2.06. The lowest BCUT2D eigenvalue weighted by atomic mass is 10.0. The van der Waals surface area contributed by atoms with Gasteiger partial charge < -0.3 is 10.2 Å². The molecule has 3 aliphatic rings. The Hall–Kier alpha value is -2.38. The number of rotatable bonds is 4. The van der Waals surface area contributed by atoms with Gasteiger partial charge >= 0.3 is 6.03 Å². The van der Waals surface area contributed by atoms with Crippen LogP contribution in [0.4, 0.5) is 4.79 Å². The number of nitrogens with one attached hydrogen (secondary N) is 1. The van der Waals surface area contributed by atoms with Gasteiger partial charge in [0.25, 0.3) is 10.1 Å². The standard InChI is InChI=1S/C22H25ClN6O4S2/c1-14-25-26-19-13-28(22(30)27-9-7-24-8-10-27)20(16-4-2-3-5-18(16)23)17-12-15(6-11-35(31,32)33)34-21(17)29(14)19/h2-5,12,21,24H,6-11,13H2,1H3,(H,31,32,33). The van der Waals surface area contributed by atoms with Gasteiger partial charge in [-0.25, -0.2) is 4.79 Å². The third-order valence-electron chi connectivity index (χ3n) is 6.21. The van der Waals surface area contributed by atoms with Crippen LogP contribution < -0.4 is 5.32 Å². The lowest BCUT2D eigenvalue weighted by Crippen LogP contribution is -2.51. The summed E-state index contributed by atoms with van der Waals surface area (Å²) in [7, 11) is -4.12. The number of hydrogen-bond acceptors (Lipinski definition) is 7. The highest BCUT2D eigenvalue weighted by molar-refractivity contribution is 8.03. The minimum Gasteiger partial charge on any atom is -0.322 e. The van der Waals surface area contributed by atoms with E-state index in [4.69, 9.17) is 11.6 Å². The zero-order valence-corrected chi connectivity index (χ0v) is 21.4. The lowest BCUT2D eigenvalue weighted by Gasteiger charge is -2.34. The third kappa shape index (κ3) is 4.85. The molecule has 10 nitrogen and oxygen atoms in total. The molecule has 35 heavy (non-hydrogen) atoms. The summed E-state index contributed by atoms with van der Waals surface area (Å²) in [5.74, 6) is 0.937. The van der Waals surface area contributed by atoms with Crippen LogP contribution in [0.2, 0.25) is 5.02 Å². The molecule has 3 aliphatic heterocycles. The van der Waals surface area contributed by atoms with E-state index in [9.17, 15) is 17.8 Å². The van der Waals surface area contributed by atoms with Crippen LogP contribution in [0.15, 0.2) is 40.8 Å². The Balaban J connectivity index is 1.69. The predicted octanol–water partition coefficient (Wildman–Crippen LogP) is 2.90. The van der Waals surface area contributed by atoms with Gasteiger partial charge in [-0.05, 0) is 30.4 Å². The fourth-order valence-corrected chi connectivity index (χ4v) is 6.79. The molecular formula is C22H25ClN6O4S2. The fraction of sp³-hybridized carbons (Fsp3) is 0.409. The Morgan fingerprint density at radius 1 is 1.26 bits per heavy atom. The van der Waals surface area contributed by atoms with E-state index in [-0.39, 0.29) is 30.1 Å². The number of amides is 2. The van der Waals surface area contributed by atoms with Crippen molar-refractivity contribution in [2.24, 2.45) is 0 Å². The number of allylic oxidation sites excluding steroid dienone is 2. The van der Waals surface area contributed by atoms with Gasteiger partial charge in [0.15, 0.2) is 5.82 Å². The van der Waals surface area contributed by atoms with Crippen molar-refractivity contribution >= 4 is 45.2 Å². The third-order valence-corrected chi connectivity index (χ3v) is 8.58. The second kappa shape index (κ2) is 9.58. The van der Waals surface area contributed by atoms with Gasteiger partial charge in [-0.3, -0.25) is 14.0 Å². The van der Waals surface area contributed by atoms with E-state index < -0.39 is 10.1 Å². The van der Waals surface area contributed by atoms with Gasteiger partial charge in [0.1, 0.15) is 11.2 Å². The Morgan fingerprint density at radius 2 is 2.00 bits per heavy atom. The van der Waals surface area contributed by atoms with Crippen LogP contribution in [-0.4, -0.2) is 75.5 Å². The maximum Gasteiger partial charge on any atom is 0.325 e. The quantitative estimate of drug-likeness (QED) is 0.572. The maximum absolute atomic E-state index is 13.9. The number of fused-ring (bicyclic) bond motifs is 3. The first-order chi connectivity index (χ1) is 16.7. The topological polar surface area (TPSA) is 121 Å². The number of urea groups is 1. The van der Waals surface area contributed by atoms with Gasteiger partial charge in [0.2, 0.25) is 0 Å². The number of aromatic nitrogens is 3. The van der Waals surface area contributed by atoms with Crippen molar-refractivity contribution in [3.63, 3.8) is 0 Å². The van der Waals surface area contributed by atoms with Crippen molar-refractivity contribution in [3.05, 3.63) is 63.1 Å². The molecule has 2 amide bonds. The highest BCUT2D eigenvalue weighted by Gasteiger charge is 2.39. The number of hydrogen-bond donors (Lipinski definition) is 2. The average Bonchev–Trinajstić information content (AvgIpc) is 3.37. The SMILES string of the molecule is Cc1nnc2n1C1SC(CCS(=O)(=O)O)=CC1=C(c1ccccc1Cl)N(C(=O)N1CCNCC1)C2. The highest BCUT2D eigenvalue weighted by Crippen LogP contribution is 2.51. The Kier molecular flexibility index (Phi) is 6.66. The molecule has 2 N–H and O–H groups in total. The molecule has 4 heterocycles.